The summed E-state index contributed by atoms with van der Waals surface area (Å²) in [4.78, 5) is 13.6. The highest BCUT2D eigenvalue weighted by atomic mass is 32.1. The van der Waals surface area contributed by atoms with Crippen LogP contribution in [0.25, 0.3) is 42.4 Å². The summed E-state index contributed by atoms with van der Waals surface area (Å²) in [6.45, 7) is 6.64. The third-order valence-corrected chi connectivity index (χ3v) is 7.28. The van der Waals surface area contributed by atoms with Crippen molar-refractivity contribution in [3.05, 3.63) is 101 Å². The molecule has 5 aromatic rings. The Labute approximate surface area is 198 Å². The van der Waals surface area contributed by atoms with Crippen LogP contribution in [0.4, 0.5) is 0 Å². The molecule has 1 heterocycles. The first-order chi connectivity index (χ1) is 15.8. The number of benzene rings is 4. The maximum Gasteiger partial charge on any atom is 0.196 e. The van der Waals surface area contributed by atoms with Crippen LogP contribution in [-0.2, 0) is 5.41 Å². The topological polar surface area (TPSA) is 26.3 Å². The van der Waals surface area contributed by atoms with E-state index in [-0.39, 0.29) is 10.8 Å². The van der Waals surface area contributed by atoms with Crippen molar-refractivity contribution in [3.8, 4) is 28.0 Å². The summed E-state index contributed by atoms with van der Waals surface area (Å²) in [6, 6.07) is 28.9. The molecule has 0 saturated carbocycles. The fourth-order valence-corrected chi connectivity index (χ4v) is 5.40. The molecule has 0 unspecified atom stereocenters. The molecule has 0 fully saturated rings. The molecule has 0 aliphatic heterocycles. The van der Waals surface area contributed by atoms with Gasteiger partial charge in [-0.15, -0.1) is 11.3 Å². The zero-order valence-electron chi connectivity index (χ0n) is 19.3. The lowest BCUT2D eigenvalue weighted by molar-refractivity contribution is 0.415. The van der Waals surface area contributed by atoms with Crippen LogP contribution in [-0.4, -0.2) is 7.11 Å². The van der Waals surface area contributed by atoms with Crippen molar-refractivity contribution in [1.29, 1.82) is 0 Å². The van der Waals surface area contributed by atoms with E-state index in [0.29, 0.717) is 0 Å². The Bertz CT molecular complexity index is 1520. The molecule has 5 rings (SSSR count). The van der Waals surface area contributed by atoms with Crippen LogP contribution in [0.1, 0.15) is 26.3 Å². The van der Waals surface area contributed by atoms with Gasteiger partial charge in [0, 0.05) is 20.2 Å². The van der Waals surface area contributed by atoms with E-state index in [1.165, 1.54) is 5.56 Å². The predicted molar refractivity (Wildman–Crippen MR) is 142 cm³/mol. The average molecular weight is 451 g/mol. The van der Waals surface area contributed by atoms with E-state index in [4.69, 9.17) is 4.74 Å². The monoisotopic (exact) mass is 450 g/mol. The van der Waals surface area contributed by atoms with Gasteiger partial charge in [-0.05, 0) is 69.6 Å². The van der Waals surface area contributed by atoms with Crippen molar-refractivity contribution in [1.82, 2.24) is 0 Å². The van der Waals surface area contributed by atoms with E-state index < -0.39 is 0 Å². The zero-order valence-corrected chi connectivity index (χ0v) is 20.1. The molecule has 1 aromatic heterocycles. The van der Waals surface area contributed by atoms with E-state index in [0.717, 1.165) is 48.2 Å². The van der Waals surface area contributed by atoms with Crippen LogP contribution in [0.2, 0.25) is 0 Å². The summed E-state index contributed by atoms with van der Waals surface area (Å²) >= 11 is 1.67. The molecule has 0 atom stereocenters. The van der Waals surface area contributed by atoms with Gasteiger partial charge < -0.3 is 4.74 Å². The summed E-state index contributed by atoms with van der Waals surface area (Å²) in [5.74, 6) is 0.827. The largest absolute Gasteiger partial charge is 0.497 e. The van der Waals surface area contributed by atoms with Gasteiger partial charge in [0.1, 0.15) is 5.75 Å². The SMILES string of the molecule is COc1ccc(-c2cc(-c3ccc(C(C)(C)C)cc3)c3c(=O)c4ccccc4sc3c2)cc1. The Kier molecular flexibility index (Phi) is 5.30. The second kappa shape index (κ2) is 8.17. The number of fused-ring (bicyclic) bond motifs is 2. The molecule has 0 spiro atoms. The fraction of sp³-hybridized carbons (Fsp3) is 0.167. The normalized spacial score (nSPS) is 11.8. The number of hydrogen-bond acceptors (Lipinski definition) is 3. The Balaban J connectivity index is 1.80. The molecular weight excluding hydrogens is 424 g/mol. The summed E-state index contributed by atoms with van der Waals surface area (Å²) in [6.07, 6.45) is 0. The van der Waals surface area contributed by atoms with Crippen LogP contribution in [0.3, 0.4) is 0 Å². The first kappa shape index (κ1) is 21.4. The molecule has 0 amide bonds. The Morgan fingerprint density at radius 1 is 0.727 bits per heavy atom. The number of methoxy groups -OCH3 is 1. The summed E-state index contributed by atoms with van der Waals surface area (Å²) in [5, 5.41) is 1.57. The van der Waals surface area contributed by atoms with Crippen molar-refractivity contribution < 1.29 is 4.74 Å². The van der Waals surface area contributed by atoms with Crippen molar-refractivity contribution in [3.63, 3.8) is 0 Å². The van der Waals surface area contributed by atoms with Crippen molar-refractivity contribution in [2.45, 2.75) is 26.2 Å². The minimum absolute atomic E-state index is 0.0769. The fourth-order valence-electron chi connectivity index (χ4n) is 4.25. The second-order valence-corrected chi connectivity index (χ2v) is 10.5. The molecule has 164 valence electrons. The lowest BCUT2D eigenvalue weighted by atomic mass is 9.86. The molecule has 4 aromatic carbocycles. The van der Waals surface area contributed by atoms with Crippen molar-refractivity contribution in [2.75, 3.05) is 7.11 Å². The number of hydrogen-bond donors (Lipinski definition) is 0. The molecule has 0 N–H and O–H groups in total. The van der Waals surface area contributed by atoms with Gasteiger partial charge in [-0.3, -0.25) is 4.79 Å². The summed E-state index contributed by atoms with van der Waals surface area (Å²) < 4.78 is 7.34. The van der Waals surface area contributed by atoms with Gasteiger partial charge in [-0.2, -0.15) is 0 Å². The molecule has 33 heavy (non-hydrogen) atoms. The molecule has 0 aliphatic carbocycles. The standard InChI is InChI=1S/C30H26O2S/c1-30(2,3)22-13-9-20(10-14-22)25-17-21(19-11-15-23(32-4)16-12-19)18-27-28(25)29(31)24-7-5-6-8-26(24)33-27/h5-18H,1-4H3. The zero-order chi connectivity index (χ0) is 23.2. The first-order valence-electron chi connectivity index (χ1n) is 11.1. The molecule has 0 saturated heterocycles. The number of ether oxygens (including phenoxy) is 1. The van der Waals surface area contributed by atoms with E-state index in [9.17, 15) is 4.79 Å². The van der Waals surface area contributed by atoms with E-state index in [1.807, 2.05) is 36.4 Å². The van der Waals surface area contributed by atoms with Gasteiger partial charge in [0.05, 0.1) is 7.11 Å². The molecule has 0 bridgehead atoms. The third kappa shape index (κ3) is 3.94. The van der Waals surface area contributed by atoms with Crippen molar-refractivity contribution >= 4 is 31.5 Å². The van der Waals surface area contributed by atoms with Crippen LogP contribution in [0, 0.1) is 0 Å². The highest BCUT2D eigenvalue weighted by Gasteiger charge is 2.17. The molecule has 2 nitrogen and oxygen atoms in total. The highest BCUT2D eigenvalue weighted by Crippen LogP contribution is 2.37. The maximum atomic E-state index is 13.6. The van der Waals surface area contributed by atoms with Gasteiger partial charge in [0.25, 0.3) is 0 Å². The van der Waals surface area contributed by atoms with E-state index >= 15 is 0 Å². The first-order valence-corrected chi connectivity index (χ1v) is 11.9. The Morgan fingerprint density at radius 3 is 2.06 bits per heavy atom. The predicted octanol–water partition coefficient (Wildman–Crippen LogP) is 8.05. The molecular formula is C30H26O2S. The lowest BCUT2D eigenvalue weighted by Crippen LogP contribution is -2.10. The van der Waals surface area contributed by atoms with E-state index in [1.54, 1.807) is 18.4 Å². The van der Waals surface area contributed by atoms with Gasteiger partial charge in [-0.1, -0.05) is 69.3 Å². The average Bonchev–Trinajstić information content (AvgIpc) is 2.83. The van der Waals surface area contributed by atoms with Crippen molar-refractivity contribution in [2.24, 2.45) is 0 Å². The Hall–Kier alpha value is -3.43. The van der Waals surface area contributed by atoms with Crippen LogP contribution < -0.4 is 10.2 Å². The number of rotatable bonds is 3. The highest BCUT2D eigenvalue weighted by molar-refractivity contribution is 7.24. The minimum atomic E-state index is 0.0769. The Morgan fingerprint density at radius 2 is 1.39 bits per heavy atom. The van der Waals surface area contributed by atoms with Gasteiger partial charge >= 0.3 is 0 Å². The van der Waals surface area contributed by atoms with Crippen LogP contribution in [0.5, 0.6) is 5.75 Å². The lowest BCUT2D eigenvalue weighted by Gasteiger charge is -2.19. The quantitative estimate of drug-likeness (QED) is 0.260. The van der Waals surface area contributed by atoms with E-state index in [2.05, 4.69) is 69.3 Å². The molecule has 3 heteroatoms. The minimum Gasteiger partial charge on any atom is -0.497 e. The van der Waals surface area contributed by atoms with Crippen LogP contribution >= 0.6 is 11.3 Å². The van der Waals surface area contributed by atoms with Gasteiger partial charge in [0.2, 0.25) is 0 Å². The summed E-state index contributed by atoms with van der Waals surface area (Å²) in [5.41, 5.74) is 5.67. The summed E-state index contributed by atoms with van der Waals surface area (Å²) in [7, 11) is 1.67. The second-order valence-electron chi connectivity index (χ2n) is 9.38. The smallest absolute Gasteiger partial charge is 0.196 e. The molecule has 0 aliphatic rings. The maximum absolute atomic E-state index is 13.6. The van der Waals surface area contributed by atoms with Crippen LogP contribution in [0.15, 0.2) is 89.7 Å². The third-order valence-electron chi connectivity index (χ3n) is 6.17. The van der Waals surface area contributed by atoms with Gasteiger partial charge in [0.15, 0.2) is 5.43 Å². The molecule has 0 radical (unpaired) electrons. The van der Waals surface area contributed by atoms with Gasteiger partial charge in [-0.25, -0.2) is 0 Å².